The van der Waals surface area contributed by atoms with Crippen LogP contribution in [0.3, 0.4) is 0 Å². The summed E-state index contributed by atoms with van der Waals surface area (Å²) in [6.07, 6.45) is -0.761. The maximum Gasteiger partial charge on any atom is 0.252 e. The predicted octanol–water partition coefficient (Wildman–Crippen LogP) is 5.70. The summed E-state index contributed by atoms with van der Waals surface area (Å²) in [6, 6.07) is 31.5. The van der Waals surface area contributed by atoms with Crippen LogP contribution in [0.4, 0.5) is 0 Å². The highest BCUT2D eigenvalue weighted by Gasteiger charge is 2.54. The first-order chi connectivity index (χ1) is 22.9. The molecule has 0 saturated heterocycles. The molecule has 0 radical (unpaired) electrons. The lowest BCUT2D eigenvalue weighted by Crippen LogP contribution is -2.49. The Morgan fingerprint density at radius 1 is 0.979 bits per heavy atom. The van der Waals surface area contributed by atoms with Gasteiger partial charge in [-0.15, -0.1) is 0 Å². The third-order valence-corrected chi connectivity index (χ3v) is 9.55. The second kappa shape index (κ2) is 15.4. The van der Waals surface area contributed by atoms with E-state index in [1.54, 1.807) is 66.7 Å². The molecule has 11 nitrogen and oxygen atoms in total. The molecule has 242 valence electrons. The fraction of sp³-hybridized carbons (Fsp3) is 0.257. The maximum atomic E-state index is 14.5. The number of carbonyl (C=O) groups excluding carboxylic acids is 1. The van der Waals surface area contributed by atoms with E-state index < -0.39 is 27.4 Å². The number of amides is 1. The molecule has 12 heteroatoms. The molecule has 2 N–H and O–H groups in total. The van der Waals surface area contributed by atoms with E-state index in [9.17, 15) is 13.2 Å². The number of aliphatic imine (C=N–C) groups is 1. The summed E-state index contributed by atoms with van der Waals surface area (Å²) in [4.78, 5) is 22.4. The van der Waals surface area contributed by atoms with Gasteiger partial charge in [-0.25, -0.2) is 13.4 Å². The number of nitrogens with one attached hydrogen (secondary N) is 1. The van der Waals surface area contributed by atoms with E-state index in [0.29, 0.717) is 35.5 Å². The SMILES string of the molecule is [N-]=[N+]=NCc1ccccc1[C@H]1OC(c2ccc(OCCCO)cc2)=N[C@@]1(CCS(=O)(=O)c1ccccc1)C(=O)NCc1ccccc1. The number of aliphatic hydroxyl groups excluding tert-OH is 1. The molecule has 0 aliphatic carbocycles. The highest BCUT2D eigenvalue weighted by Crippen LogP contribution is 2.44. The Hall–Kier alpha value is -5.16. The molecule has 5 rings (SSSR count). The Bertz CT molecular complexity index is 1850. The Morgan fingerprint density at radius 2 is 1.66 bits per heavy atom. The number of hydrogen-bond donors (Lipinski definition) is 2. The van der Waals surface area contributed by atoms with Gasteiger partial charge in [0.2, 0.25) is 5.90 Å². The predicted molar refractivity (Wildman–Crippen MR) is 177 cm³/mol. The van der Waals surface area contributed by atoms with E-state index in [-0.39, 0.29) is 42.7 Å². The minimum Gasteiger partial charge on any atom is -0.494 e. The molecule has 0 saturated carbocycles. The van der Waals surface area contributed by atoms with Crippen LogP contribution in [0, 0.1) is 0 Å². The molecular formula is C35H35N5O6S. The number of rotatable bonds is 15. The van der Waals surface area contributed by atoms with Gasteiger partial charge in [0.25, 0.3) is 5.91 Å². The van der Waals surface area contributed by atoms with E-state index >= 15 is 0 Å². The fourth-order valence-corrected chi connectivity index (χ4v) is 6.74. The number of sulfone groups is 1. The van der Waals surface area contributed by atoms with Crippen molar-refractivity contribution in [1.82, 2.24) is 5.32 Å². The first kappa shape index (κ1) is 33.2. The zero-order valence-electron chi connectivity index (χ0n) is 25.6. The van der Waals surface area contributed by atoms with Crippen LogP contribution in [0.2, 0.25) is 0 Å². The number of ether oxygens (including phenoxy) is 2. The first-order valence-electron chi connectivity index (χ1n) is 15.2. The number of nitrogens with zero attached hydrogens (tertiary/aromatic N) is 4. The van der Waals surface area contributed by atoms with Crippen LogP contribution in [0.1, 0.15) is 41.2 Å². The molecule has 4 aromatic rings. The van der Waals surface area contributed by atoms with E-state index in [4.69, 9.17) is 25.1 Å². The smallest absolute Gasteiger partial charge is 0.252 e. The average Bonchev–Trinajstić information content (AvgIpc) is 3.51. The summed E-state index contributed by atoms with van der Waals surface area (Å²) < 4.78 is 39.4. The number of hydrogen-bond acceptors (Lipinski definition) is 8. The van der Waals surface area contributed by atoms with E-state index in [1.807, 2.05) is 30.3 Å². The third kappa shape index (κ3) is 7.98. The van der Waals surface area contributed by atoms with Crippen LogP contribution < -0.4 is 10.1 Å². The summed E-state index contributed by atoms with van der Waals surface area (Å²) in [7, 11) is -3.82. The van der Waals surface area contributed by atoms with Gasteiger partial charge in [-0.1, -0.05) is 77.9 Å². The van der Waals surface area contributed by atoms with E-state index in [2.05, 4.69) is 15.3 Å². The number of aliphatic hydroxyl groups is 1. The second-order valence-electron chi connectivity index (χ2n) is 10.9. The van der Waals surface area contributed by atoms with Gasteiger partial charge < -0.3 is 19.9 Å². The Morgan fingerprint density at radius 3 is 2.36 bits per heavy atom. The maximum absolute atomic E-state index is 14.5. The highest BCUT2D eigenvalue weighted by atomic mass is 32.2. The van der Waals surface area contributed by atoms with Gasteiger partial charge in [0.15, 0.2) is 21.5 Å². The minimum absolute atomic E-state index is 0.00816. The van der Waals surface area contributed by atoms with Gasteiger partial charge in [0.1, 0.15) is 5.75 Å². The monoisotopic (exact) mass is 653 g/mol. The zero-order valence-corrected chi connectivity index (χ0v) is 26.4. The van der Waals surface area contributed by atoms with Crippen molar-refractivity contribution in [3.8, 4) is 5.75 Å². The molecule has 0 fully saturated rings. The van der Waals surface area contributed by atoms with Gasteiger partial charge in [-0.3, -0.25) is 4.79 Å². The molecule has 1 aliphatic rings. The number of carbonyl (C=O) groups is 1. The molecular weight excluding hydrogens is 618 g/mol. The second-order valence-corrected chi connectivity index (χ2v) is 13.0. The van der Waals surface area contributed by atoms with Gasteiger partial charge >= 0.3 is 0 Å². The lowest BCUT2D eigenvalue weighted by Gasteiger charge is -2.31. The first-order valence-corrected chi connectivity index (χ1v) is 16.8. The Balaban J connectivity index is 1.59. The summed E-state index contributed by atoms with van der Waals surface area (Å²) in [5.41, 5.74) is 9.93. The Kier molecular flexibility index (Phi) is 10.9. The van der Waals surface area contributed by atoms with Gasteiger partial charge in [0.05, 0.1) is 23.8 Å². The normalized spacial score (nSPS) is 17.2. The van der Waals surface area contributed by atoms with Crippen molar-refractivity contribution in [1.29, 1.82) is 0 Å². The van der Waals surface area contributed by atoms with Crippen LogP contribution in [0.15, 0.2) is 124 Å². The summed E-state index contributed by atoms with van der Waals surface area (Å²) >= 11 is 0. The molecule has 1 heterocycles. The molecule has 1 aliphatic heterocycles. The van der Waals surface area contributed by atoms with Crippen molar-refractivity contribution in [3.05, 3.63) is 142 Å². The quantitative estimate of drug-likeness (QED) is 0.0724. The molecule has 2 atom stereocenters. The molecule has 1 amide bonds. The zero-order chi connectivity index (χ0) is 33.1. The van der Waals surface area contributed by atoms with Crippen LogP contribution in [0.25, 0.3) is 10.4 Å². The van der Waals surface area contributed by atoms with Crippen LogP contribution in [-0.4, -0.2) is 49.8 Å². The van der Waals surface area contributed by atoms with Crippen LogP contribution in [0.5, 0.6) is 5.75 Å². The molecule has 0 spiro atoms. The molecule has 4 aromatic carbocycles. The van der Waals surface area contributed by atoms with Crippen molar-refractivity contribution in [2.75, 3.05) is 19.0 Å². The van der Waals surface area contributed by atoms with Crippen molar-refractivity contribution >= 4 is 21.6 Å². The van der Waals surface area contributed by atoms with E-state index in [0.717, 1.165) is 5.56 Å². The average molecular weight is 654 g/mol. The largest absolute Gasteiger partial charge is 0.494 e. The summed E-state index contributed by atoms with van der Waals surface area (Å²) in [6.45, 7) is 0.536. The number of azide groups is 1. The topological polar surface area (TPSA) is 163 Å². The van der Waals surface area contributed by atoms with Gasteiger partial charge in [-0.2, -0.15) is 0 Å². The third-order valence-electron chi connectivity index (χ3n) is 7.82. The summed E-state index contributed by atoms with van der Waals surface area (Å²) in [5.74, 6) is -0.157. The lowest BCUT2D eigenvalue weighted by molar-refractivity contribution is -0.129. The van der Waals surface area contributed by atoms with Gasteiger partial charge in [-0.05, 0) is 58.6 Å². The Labute approximate surface area is 273 Å². The number of benzene rings is 4. The molecule has 0 aromatic heterocycles. The highest BCUT2D eigenvalue weighted by molar-refractivity contribution is 7.91. The minimum atomic E-state index is -3.82. The fourth-order valence-electron chi connectivity index (χ4n) is 5.36. The molecule has 47 heavy (non-hydrogen) atoms. The van der Waals surface area contributed by atoms with Gasteiger partial charge in [0, 0.05) is 36.5 Å². The van der Waals surface area contributed by atoms with Crippen LogP contribution >= 0.6 is 0 Å². The van der Waals surface area contributed by atoms with Crippen molar-refractivity contribution in [2.24, 2.45) is 10.1 Å². The summed E-state index contributed by atoms with van der Waals surface area (Å²) in [5, 5.41) is 15.8. The van der Waals surface area contributed by atoms with Crippen molar-refractivity contribution < 1.29 is 27.8 Å². The van der Waals surface area contributed by atoms with E-state index in [1.165, 1.54) is 12.1 Å². The standard InChI is InChI=1S/C35H35N5O6S/c36-40-38-25-28-12-7-8-15-31(28)32-35(34(42)37-24-26-10-3-1-4-11-26,20-23-47(43,44)30-13-5-2-6-14-30)39-33(46-32)27-16-18-29(19-17-27)45-22-9-21-41/h1-8,10-19,32,41H,9,20-25H2,(H,37,42)/t32-,35-/m1/s1. The molecule has 0 bridgehead atoms. The van der Waals surface area contributed by atoms with Crippen molar-refractivity contribution in [3.63, 3.8) is 0 Å². The van der Waals surface area contributed by atoms with Crippen molar-refractivity contribution in [2.45, 2.75) is 42.5 Å². The lowest BCUT2D eigenvalue weighted by atomic mass is 9.83. The molecule has 0 unspecified atom stereocenters. The van der Waals surface area contributed by atoms with Crippen LogP contribution in [-0.2, 0) is 32.5 Å².